The summed E-state index contributed by atoms with van der Waals surface area (Å²) in [6.07, 6.45) is 0. The second-order valence-electron chi connectivity index (χ2n) is 4.18. The number of carbonyl (C=O) groups excluding carboxylic acids is 1. The van der Waals surface area contributed by atoms with Gasteiger partial charge in [-0.05, 0) is 37.1 Å². The van der Waals surface area contributed by atoms with Crippen LogP contribution < -0.4 is 0 Å². The quantitative estimate of drug-likeness (QED) is 0.728. The molecule has 0 heterocycles. The van der Waals surface area contributed by atoms with Crippen molar-refractivity contribution in [1.29, 1.82) is 0 Å². The highest BCUT2D eigenvalue weighted by molar-refractivity contribution is 6.00. The third kappa shape index (κ3) is 2.16. The van der Waals surface area contributed by atoms with Crippen molar-refractivity contribution in [3.05, 3.63) is 59.2 Å². The van der Waals surface area contributed by atoms with Crippen LogP contribution in [0, 0.1) is 18.6 Å². The van der Waals surface area contributed by atoms with E-state index in [-0.39, 0.29) is 17.2 Å². The van der Waals surface area contributed by atoms with Crippen molar-refractivity contribution >= 4 is 5.78 Å². The SMILES string of the molecule is CC(=O)c1cc(F)ccc1-c1cccc(C)c1F. The lowest BCUT2D eigenvalue weighted by molar-refractivity contribution is 0.101. The van der Waals surface area contributed by atoms with E-state index in [1.165, 1.54) is 19.1 Å². The number of aryl methyl sites for hydroxylation is 1. The molecule has 0 saturated carbocycles. The molecule has 0 aliphatic heterocycles. The van der Waals surface area contributed by atoms with E-state index in [1.54, 1.807) is 25.1 Å². The van der Waals surface area contributed by atoms with Crippen molar-refractivity contribution in [2.24, 2.45) is 0 Å². The molecule has 3 heteroatoms. The summed E-state index contributed by atoms with van der Waals surface area (Å²) < 4.78 is 27.2. The summed E-state index contributed by atoms with van der Waals surface area (Å²) in [5.41, 5.74) is 1.43. The molecule has 92 valence electrons. The Labute approximate surface area is 104 Å². The molecule has 2 rings (SSSR count). The van der Waals surface area contributed by atoms with Gasteiger partial charge in [-0.3, -0.25) is 4.79 Å². The third-order valence-electron chi connectivity index (χ3n) is 2.84. The molecule has 0 radical (unpaired) electrons. The Morgan fingerprint density at radius 3 is 2.44 bits per heavy atom. The first-order chi connectivity index (χ1) is 8.50. The van der Waals surface area contributed by atoms with Crippen LogP contribution in [0.1, 0.15) is 22.8 Å². The van der Waals surface area contributed by atoms with Crippen LogP contribution in [0.5, 0.6) is 0 Å². The Morgan fingerprint density at radius 2 is 1.78 bits per heavy atom. The molecule has 0 aliphatic rings. The first-order valence-corrected chi connectivity index (χ1v) is 5.56. The van der Waals surface area contributed by atoms with E-state index in [4.69, 9.17) is 0 Å². The molecule has 2 aromatic rings. The van der Waals surface area contributed by atoms with Gasteiger partial charge in [0.05, 0.1) is 0 Å². The summed E-state index contributed by atoms with van der Waals surface area (Å²) in [4.78, 5) is 11.5. The molecule has 0 saturated heterocycles. The Kier molecular flexibility index (Phi) is 3.24. The van der Waals surface area contributed by atoms with E-state index in [9.17, 15) is 13.6 Å². The monoisotopic (exact) mass is 246 g/mol. The van der Waals surface area contributed by atoms with Crippen LogP contribution in [-0.2, 0) is 0 Å². The molecule has 0 fully saturated rings. The normalized spacial score (nSPS) is 10.4. The minimum Gasteiger partial charge on any atom is -0.294 e. The largest absolute Gasteiger partial charge is 0.294 e. The van der Waals surface area contributed by atoms with Gasteiger partial charge >= 0.3 is 0 Å². The average Bonchev–Trinajstić information content (AvgIpc) is 2.33. The van der Waals surface area contributed by atoms with Gasteiger partial charge in [0.2, 0.25) is 0 Å². The van der Waals surface area contributed by atoms with Gasteiger partial charge in [0.1, 0.15) is 11.6 Å². The number of Topliss-reactive ketones (excluding diaryl/α,β-unsaturated/α-hetero) is 1. The Balaban J connectivity index is 2.71. The third-order valence-corrected chi connectivity index (χ3v) is 2.84. The zero-order valence-electron chi connectivity index (χ0n) is 10.1. The van der Waals surface area contributed by atoms with E-state index in [0.29, 0.717) is 16.7 Å². The summed E-state index contributed by atoms with van der Waals surface area (Å²) in [5.74, 6) is -1.17. The van der Waals surface area contributed by atoms with Crippen molar-refractivity contribution < 1.29 is 13.6 Å². The molecule has 18 heavy (non-hydrogen) atoms. The predicted octanol–water partition coefficient (Wildman–Crippen LogP) is 4.14. The predicted molar refractivity (Wildman–Crippen MR) is 66.5 cm³/mol. The fourth-order valence-corrected chi connectivity index (χ4v) is 1.90. The van der Waals surface area contributed by atoms with Gasteiger partial charge in [-0.2, -0.15) is 0 Å². The maximum atomic E-state index is 14.0. The molecule has 0 atom stereocenters. The summed E-state index contributed by atoms with van der Waals surface area (Å²) in [7, 11) is 0. The highest BCUT2D eigenvalue weighted by atomic mass is 19.1. The van der Waals surface area contributed by atoms with Crippen LogP contribution >= 0.6 is 0 Å². The molecular formula is C15H12F2O. The van der Waals surface area contributed by atoms with E-state index in [2.05, 4.69) is 0 Å². The fourth-order valence-electron chi connectivity index (χ4n) is 1.90. The number of hydrogen-bond acceptors (Lipinski definition) is 1. The molecule has 0 bridgehead atoms. The molecule has 0 aromatic heterocycles. The minimum absolute atomic E-state index is 0.194. The van der Waals surface area contributed by atoms with Crippen molar-refractivity contribution in [1.82, 2.24) is 0 Å². The number of carbonyl (C=O) groups is 1. The first kappa shape index (κ1) is 12.4. The maximum absolute atomic E-state index is 14.0. The average molecular weight is 246 g/mol. The molecule has 1 nitrogen and oxygen atoms in total. The molecule has 0 aliphatic carbocycles. The fraction of sp³-hybridized carbons (Fsp3) is 0.133. The first-order valence-electron chi connectivity index (χ1n) is 5.56. The molecule has 0 unspecified atom stereocenters. The second kappa shape index (κ2) is 4.69. The standard InChI is InChI=1S/C15H12F2O/c1-9-4-3-5-13(15(9)17)12-7-6-11(16)8-14(12)10(2)18/h3-8H,1-2H3. The van der Waals surface area contributed by atoms with Gasteiger partial charge in [0.25, 0.3) is 0 Å². The van der Waals surface area contributed by atoms with Crippen LogP contribution in [0.3, 0.4) is 0 Å². The topological polar surface area (TPSA) is 17.1 Å². The van der Waals surface area contributed by atoms with Gasteiger partial charge < -0.3 is 0 Å². The summed E-state index contributed by atoms with van der Waals surface area (Å²) >= 11 is 0. The number of hydrogen-bond donors (Lipinski definition) is 0. The van der Waals surface area contributed by atoms with Gasteiger partial charge in [0, 0.05) is 11.1 Å². The number of benzene rings is 2. The van der Waals surface area contributed by atoms with E-state index in [0.717, 1.165) is 6.07 Å². The second-order valence-corrected chi connectivity index (χ2v) is 4.18. The smallest absolute Gasteiger partial charge is 0.160 e. The van der Waals surface area contributed by atoms with E-state index >= 15 is 0 Å². The molecular weight excluding hydrogens is 234 g/mol. The molecule has 0 amide bonds. The number of rotatable bonds is 2. The van der Waals surface area contributed by atoms with Gasteiger partial charge in [-0.1, -0.05) is 24.3 Å². The van der Waals surface area contributed by atoms with E-state index in [1.807, 2.05) is 0 Å². The van der Waals surface area contributed by atoms with Crippen LogP contribution in [-0.4, -0.2) is 5.78 Å². The lowest BCUT2D eigenvalue weighted by Gasteiger charge is -2.09. The minimum atomic E-state index is -0.503. The Bertz CT molecular complexity index is 618. The van der Waals surface area contributed by atoms with Crippen LogP contribution in [0.25, 0.3) is 11.1 Å². The molecule has 0 spiro atoms. The lowest BCUT2D eigenvalue weighted by Crippen LogP contribution is -1.99. The molecule has 0 N–H and O–H groups in total. The summed E-state index contributed by atoms with van der Waals surface area (Å²) in [5, 5.41) is 0. The maximum Gasteiger partial charge on any atom is 0.160 e. The van der Waals surface area contributed by atoms with Crippen molar-refractivity contribution in [2.75, 3.05) is 0 Å². The summed E-state index contributed by atoms with van der Waals surface area (Å²) in [6.45, 7) is 2.99. The lowest BCUT2D eigenvalue weighted by atomic mass is 9.95. The van der Waals surface area contributed by atoms with E-state index < -0.39 is 5.82 Å². The zero-order chi connectivity index (χ0) is 13.3. The zero-order valence-corrected chi connectivity index (χ0v) is 10.1. The van der Waals surface area contributed by atoms with Gasteiger partial charge in [0.15, 0.2) is 5.78 Å². The van der Waals surface area contributed by atoms with Crippen LogP contribution in [0.2, 0.25) is 0 Å². The number of halogens is 2. The Hall–Kier alpha value is -2.03. The summed E-state index contributed by atoms with van der Waals surface area (Å²) in [6, 6.07) is 8.74. The van der Waals surface area contributed by atoms with Gasteiger partial charge in [-0.25, -0.2) is 8.78 Å². The highest BCUT2D eigenvalue weighted by Gasteiger charge is 2.14. The van der Waals surface area contributed by atoms with Crippen molar-refractivity contribution in [3.63, 3.8) is 0 Å². The Morgan fingerprint density at radius 1 is 1.06 bits per heavy atom. The van der Waals surface area contributed by atoms with Crippen LogP contribution in [0.15, 0.2) is 36.4 Å². The number of ketones is 1. The van der Waals surface area contributed by atoms with Crippen molar-refractivity contribution in [2.45, 2.75) is 13.8 Å². The van der Waals surface area contributed by atoms with Crippen LogP contribution in [0.4, 0.5) is 8.78 Å². The highest BCUT2D eigenvalue weighted by Crippen LogP contribution is 2.28. The molecule has 2 aromatic carbocycles. The van der Waals surface area contributed by atoms with Gasteiger partial charge in [-0.15, -0.1) is 0 Å². The van der Waals surface area contributed by atoms with Crippen molar-refractivity contribution in [3.8, 4) is 11.1 Å².